The lowest BCUT2D eigenvalue weighted by atomic mass is 10.1. The van der Waals surface area contributed by atoms with Gasteiger partial charge in [0.05, 0.1) is 17.7 Å². The summed E-state index contributed by atoms with van der Waals surface area (Å²) in [4.78, 5) is 52.3. The third-order valence-electron chi connectivity index (χ3n) is 4.02. The first kappa shape index (κ1) is 20.1. The molecular formula is C18H13BrN4O6. The van der Waals surface area contributed by atoms with E-state index in [1.54, 1.807) is 12.1 Å². The molecule has 0 aliphatic carbocycles. The Balaban J connectivity index is 1.93. The van der Waals surface area contributed by atoms with E-state index in [-0.39, 0.29) is 22.8 Å². The molecule has 1 aliphatic rings. The van der Waals surface area contributed by atoms with Crippen molar-refractivity contribution in [2.45, 2.75) is 0 Å². The number of rotatable bonds is 5. The number of carbonyl (C=O) groups excluding carboxylic acids is 3. The highest BCUT2D eigenvalue weighted by atomic mass is 79.9. The predicted octanol–water partition coefficient (Wildman–Crippen LogP) is 2.97. The summed E-state index contributed by atoms with van der Waals surface area (Å²) in [5, 5.41) is 13.1. The molecule has 0 radical (unpaired) electrons. The van der Waals surface area contributed by atoms with Crippen molar-refractivity contribution < 1.29 is 24.0 Å². The van der Waals surface area contributed by atoms with Crippen molar-refractivity contribution in [2.24, 2.45) is 10.9 Å². The Morgan fingerprint density at radius 2 is 1.90 bits per heavy atom. The molecule has 3 rings (SSSR count). The van der Waals surface area contributed by atoms with Gasteiger partial charge in [-0.25, -0.2) is 9.69 Å². The molecule has 4 amide bonds. The van der Waals surface area contributed by atoms with Gasteiger partial charge in [-0.2, -0.15) is 0 Å². The molecule has 0 bridgehead atoms. The van der Waals surface area contributed by atoms with E-state index in [9.17, 15) is 24.5 Å². The molecular weight excluding hydrogens is 448 g/mol. The molecule has 2 aromatic carbocycles. The number of benzene rings is 2. The maximum absolute atomic E-state index is 12.8. The van der Waals surface area contributed by atoms with E-state index in [2.05, 4.69) is 26.2 Å². The van der Waals surface area contributed by atoms with E-state index in [0.29, 0.717) is 0 Å². The van der Waals surface area contributed by atoms with Crippen LogP contribution in [0.3, 0.4) is 0 Å². The Hall–Kier alpha value is -3.60. The van der Waals surface area contributed by atoms with Gasteiger partial charge in [0, 0.05) is 22.8 Å². The quantitative estimate of drug-likeness (QED) is 0.315. The maximum atomic E-state index is 12.8. The van der Waals surface area contributed by atoms with Crippen molar-refractivity contribution in [3.63, 3.8) is 0 Å². The number of nitro groups is 1. The molecule has 148 valence electrons. The van der Waals surface area contributed by atoms with Crippen LogP contribution >= 0.6 is 15.9 Å². The number of non-ortho nitro benzene ring substituents is 1. The van der Waals surface area contributed by atoms with Crippen LogP contribution < -0.4 is 15.0 Å². The van der Waals surface area contributed by atoms with E-state index >= 15 is 0 Å². The van der Waals surface area contributed by atoms with E-state index in [4.69, 9.17) is 4.74 Å². The maximum Gasteiger partial charge on any atom is 0.335 e. The van der Waals surface area contributed by atoms with Crippen LogP contribution in [0.15, 0.2) is 51.9 Å². The number of nitrogens with zero attached hydrogens (tertiary/aromatic N) is 3. The number of nitrogens with one attached hydrogen (secondary N) is 1. The van der Waals surface area contributed by atoms with Crippen molar-refractivity contribution in [1.82, 2.24) is 5.32 Å². The number of hydrogen-bond donors (Lipinski definition) is 1. The standard InChI is InChI=1S/C18H13BrN4O6/c1-29-15-7-6-12(23(27)28)8-14(15)20-9-13-16(24)21-18(26)22(17(13)25)11-4-2-10(19)3-5-11/h2-9,13H,1H3,(H,21,24,26)/t13-/m0/s1. The number of ether oxygens (including phenoxy) is 1. The highest BCUT2D eigenvalue weighted by Gasteiger charge is 2.40. The van der Waals surface area contributed by atoms with Crippen molar-refractivity contribution in [3.8, 4) is 5.75 Å². The molecule has 0 aromatic heterocycles. The van der Waals surface area contributed by atoms with E-state index in [1.807, 2.05) is 0 Å². The Morgan fingerprint density at radius 1 is 1.21 bits per heavy atom. The van der Waals surface area contributed by atoms with Gasteiger partial charge in [0.1, 0.15) is 11.4 Å². The second-order valence-corrected chi connectivity index (χ2v) is 6.73. The molecule has 1 saturated heterocycles. The number of imide groups is 2. The first-order valence-electron chi connectivity index (χ1n) is 8.13. The van der Waals surface area contributed by atoms with Gasteiger partial charge in [0.15, 0.2) is 5.92 Å². The first-order chi connectivity index (χ1) is 13.8. The average molecular weight is 461 g/mol. The minimum Gasteiger partial charge on any atom is -0.494 e. The van der Waals surface area contributed by atoms with Crippen LogP contribution in [0.1, 0.15) is 0 Å². The van der Waals surface area contributed by atoms with Crippen molar-refractivity contribution in [1.29, 1.82) is 0 Å². The number of nitro benzene ring substituents is 1. The van der Waals surface area contributed by atoms with Crippen molar-refractivity contribution in [3.05, 3.63) is 57.1 Å². The average Bonchev–Trinajstić information content (AvgIpc) is 2.68. The Morgan fingerprint density at radius 3 is 2.52 bits per heavy atom. The fourth-order valence-electron chi connectivity index (χ4n) is 2.60. The molecule has 1 atom stereocenters. The molecule has 2 aromatic rings. The second-order valence-electron chi connectivity index (χ2n) is 5.81. The van der Waals surface area contributed by atoms with Crippen molar-refractivity contribution >= 4 is 57.1 Å². The number of carbonyl (C=O) groups is 3. The highest BCUT2D eigenvalue weighted by molar-refractivity contribution is 9.10. The number of halogens is 1. The minimum absolute atomic E-state index is 0.0643. The molecule has 1 N–H and O–H groups in total. The summed E-state index contributed by atoms with van der Waals surface area (Å²) < 4.78 is 5.85. The zero-order chi connectivity index (χ0) is 21.1. The smallest absolute Gasteiger partial charge is 0.335 e. The molecule has 10 nitrogen and oxygen atoms in total. The van der Waals surface area contributed by atoms with Crippen LogP contribution in [0.2, 0.25) is 0 Å². The third kappa shape index (κ3) is 4.14. The normalized spacial score (nSPS) is 16.8. The van der Waals surface area contributed by atoms with Gasteiger partial charge >= 0.3 is 6.03 Å². The summed E-state index contributed by atoms with van der Waals surface area (Å²) in [5.74, 6) is -2.83. The number of aliphatic imine (C=N–C) groups is 1. The lowest BCUT2D eigenvalue weighted by Crippen LogP contribution is -2.58. The van der Waals surface area contributed by atoms with E-state index < -0.39 is 28.7 Å². The third-order valence-corrected chi connectivity index (χ3v) is 4.55. The van der Waals surface area contributed by atoms with Gasteiger partial charge in [0.25, 0.3) is 11.6 Å². The van der Waals surface area contributed by atoms with E-state index in [1.165, 1.54) is 31.4 Å². The van der Waals surface area contributed by atoms with Crippen molar-refractivity contribution in [2.75, 3.05) is 12.0 Å². The number of urea groups is 1. The second kappa shape index (κ2) is 8.19. The van der Waals surface area contributed by atoms with Crippen LogP contribution in [0.5, 0.6) is 5.75 Å². The molecule has 0 unspecified atom stereocenters. The lowest BCUT2D eigenvalue weighted by molar-refractivity contribution is -0.384. The summed E-state index contributed by atoms with van der Waals surface area (Å²) in [5.41, 5.74) is 0.105. The molecule has 1 heterocycles. The van der Waals surface area contributed by atoms with Crippen LogP contribution in [-0.4, -0.2) is 36.1 Å². The van der Waals surface area contributed by atoms with Gasteiger partial charge < -0.3 is 4.74 Å². The molecule has 29 heavy (non-hydrogen) atoms. The molecule has 1 aliphatic heterocycles. The Kier molecular flexibility index (Phi) is 5.69. The SMILES string of the molecule is COc1ccc([N+](=O)[O-])cc1N=C[C@H]1C(=O)NC(=O)N(c2ccc(Br)cc2)C1=O. The van der Waals surface area contributed by atoms with Gasteiger partial charge in [-0.3, -0.25) is 30.0 Å². The van der Waals surface area contributed by atoms with Gasteiger partial charge in [-0.1, -0.05) is 15.9 Å². The number of methoxy groups -OCH3 is 1. The summed E-state index contributed by atoms with van der Waals surface area (Å²) >= 11 is 3.26. The summed E-state index contributed by atoms with van der Waals surface area (Å²) in [7, 11) is 1.35. The molecule has 0 spiro atoms. The van der Waals surface area contributed by atoms with Crippen LogP contribution in [-0.2, 0) is 9.59 Å². The monoisotopic (exact) mass is 460 g/mol. The predicted molar refractivity (Wildman–Crippen MR) is 106 cm³/mol. The molecule has 11 heteroatoms. The largest absolute Gasteiger partial charge is 0.494 e. The zero-order valence-electron chi connectivity index (χ0n) is 14.9. The number of barbiturate groups is 1. The number of amides is 4. The minimum atomic E-state index is -1.40. The summed E-state index contributed by atoms with van der Waals surface area (Å²) in [6.45, 7) is 0. The number of hydrogen-bond acceptors (Lipinski definition) is 7. The van der Waals surface area contributed by atoms with Gasteiger partial charge in [-0.05, 0) is 30.3 Å². The molecule has 0 saturated carbocycles. The topological polar surface area (TPSA) is 131 Å². The first-order valence-corrected chi connectivity index (χ1v) is 8.92. The van der Waals surface area contributed by atoms with Gasteiger partial charge in [-0.15, -0.1) is 0 Å². The van der Waals surface area contributed by atoms with Gasteiger partial charge in [0.2, 0.25) is 5.91 Å². The van der Waals surface area contributed by atoms with E-state index in [0.717, 1.165) is 21.7 Å². The van der Waals surface area contributed by atoms with Crippen LogP contribution in [0.25, 0.3) is 0 Å². The Bertz CT molecular complexity index is 1040. The lowest BCUT2D eigenvalue weighted by Gasteiger charge is -2.28. The molecule has 1 fully saturated rings. The zero-order valence-corrected chi connectivity index (χ0v) is 16.5. The van der Waals surface area contributed by atoms with Crippen LogP contribution in [0, 0.1) is 16.0 Å². The van der Waals surface area contributed by atoms with Crippen LogP contribution in [0.4, 0.5) is 21.9 Å². The number of anilines is 1. The summed E-state index contributed by atoms with van der Waals surface area (Å²) in [6.07, 6.45) is 1.03. The summed E-state index contributed by atoms with van der Waals surface area (Å²) in [6, 6.07) is 9.23. The fraction of sp³-hybridized carbons (Fsp3) is 0.111. The highest BCUT2D eigenvalue weighted by Crippen LogP contribution is 2.31. The fourth-order valence-corrected chi connectivity index (χ4v) is 2.87. The Labute approximate surface area is 172 Å².